The third-order valence-electron chi connectivity index (χ3n) is 2.12. The van der Waals surface area contributed by atoms with Crippen molar-refractivity contribution in [3.8, 4) is 0 Å². The molecule has 0 aromatic heterocycles. The summed E-state index contributed by atoms with van der Waals surface area (Å²) in [6.45, 7) is 5.25. The highest BCUT2D eigenvalue weighted by atomic mass is 35.5. The summed E-state index contributed by atoms with van der Waals surface area (Å²) in [5.74, 6) is -0.672. The molecule has 0 bridgehead atoms. The van der Waals surface area contributed by atoms with E-state index in [9.17, 15) is 9.59 Å². The maximum Gasteiger partial charge on any atom is 0.425 e. The number of carbonyl (C=O) groups excluding carboxylic acids is 2. The normalized spacial score (nSPS) is 23.6. The van der Waals surface area contributed by atoms with Gasteiger partial charge in [0.25, 0.3) is 0 Å². The average molecular weight is 250 g/mol. The molecule has 0 radical (unpaired) electrons. The first-order valence-electron chi connectivity index (χ1n) is 5.02. The topological polar surface area (TPSA) is 55.8 Å². The van der Waals surface area contributed by atoms with Crippen molar-refractivity contribution in [2.75, 3.05) is 7.11 Å². The van der Waals surface area contributed by atoms with Crippen LogP contribution in [0.1, 0.15) is 27.2 Å². The van der Waals surface area contributed by atoms with Gasteiger partial charge in [-0.1, -0.05) is 0 Å². The highest BCUT2D eigenvalue weighted by molar-refractivity contribution is 6.21. The average Bonchev–Trinajstić information content (AvgIpc) is 2.92. The number of rotatable bonds is 2. The van der Waals surface area contributed by atoms with Crippen LogP contribution in [0.15, 0.2) is 0 Å². The maximum absolute atomic E-state index is 11.5. The molecule has 2 atom stereocenters. The summed E-state index contributed by atoms with van der Waals surface area (Å²) in [6, 6.07) is -0.316. The summed E-state index contributed by atoms with van der Waals surface area (Å²) < 4.78 is 10.6. The van der Waals surface area contributed by atoms with E-state index in [1.165, 1.54) is 7.11 Å². The van der Waals surface area contributed by atoms with Crippen LogP contribution in [0.5, 0.6) is 0 Å². The van der Waals surface area contributed by atoms with Gasteiger partial charge in [0.15, 0.2) is 0 Å². The standard InChI is InChI=1S/C10H16ClNO4/c1-10(2,3)16-9(14)12(11)7-5-6(7)8(13)15-4/h6-7H,5H2,1-4H3/t6-,7-/m0/s1. The lowest BCUT2D eigenvalue weighted by molar-refractivity contribution is -0.142. The van der Waals surface area contributed by atoms with Gasteiger partial charge in [-0.05, 0) is 27.2 Å². The van der Waals surface area contributed by atoms with Crippen LogP contribution in [0, 0.1) is 5.92 Å². The van der Waals surface area contributed by atoms with Crippen LogP contribution >= 0.6 is 11.8 Å². The van der Waals surface area contributed by atoms with Gasteiger partial charge in [0, 0.05) is 11.8 Å². The van der Waals surface area contributed by atoms with E-state index in [0.29, 0.717) is 6.42 Å². The number of nitrogens with zero attached hydrogens (tertiary/aromatic N) is 1. The zero-order chi connectivity index (χ0) is 12.5. The molecule has 0 saturated heterocycles. The Balaban J connectivity index is 2.46. The number of ether oxygens (including phenoxy) is 2. The largest absolute Gasteiger partial charge is 0.469 e. The van der Waals surface area contributed by atoms with Crippen molar-refractivity contribution < 1.29 is 19.1 Å². The molecule has 0 aromatic carbocycles. The van der Waals surface area contributed by atoms with Crippen LogP contribution in [0.3, 0.4) is 0 Å². The molecule has 0 unspecified atom stereocenters. The minimum absolute atomic E-state index is 0.316. The Morgan fingerprint density at radius 1 is 1.38 bits per heavy atom. The van der Waals surface area contributed by atoms with Crippen molar-refractivity contribution in [3.63, 3.8) is 0 Å². The third kappa shape index (κ3) is 3.27. The van der Waals surface area contributed by atoms with Gasteiger partial charge in [0.2, 0.25) is 0 Å². The summed E-state index contributed by atoms with van der Waals surface area (Å²) in [5.41, 5.74) is -0.597. The quantitative estimate of drug-likeness (QED) is 0.554. The van der Waals surface area contributed by atoms with Gasteiger partial charge in [-0.3, -0.25) is 4.79 Å². The summed E-state index contributed by atoms with van der Waals surface area (Å²) in [4.78, 5) is 22.7. The minimum Gasteiger partial charge on any atom is -0.469 e. The number of carbonyl (C=O) groups is 2. The zero-order valence-corrected chi connectivity index (χ0v) is 10.6. The van der Waals surface area contributed by atoms with Crippen LogP contribution in [0.25, 0.3) is 0 Å². The van der Waals surface area contributed by atoms with Crippen LogP contribution in [-0.4, -0.2) is 35.2 Å². The molecule has 1 fully saturated rings. The van der Waals surface area contributed by atoms with Gasteiger partial charge in [-0.15, -0.1) is 0 Å². The van der Waals surface area contributed by atoms with Crippen LogP contribution in [0.4, 0.5) is 4.79 Å². The Hall–Kier alpha value is -0.970. The van der Waals surface area contributed by atoms with Gasteiger partial charge in [0.1, 0.15) is 5.60 Å². The summed E-state index contributed by atoms with van der Waals surface area (Å²) in [5, 5.41) is 0. The molecule has 0 spiro atoms. The van der Waals surface area contributed by atoms with E-state index in [1.54, 1.807) is 20.8 Å². The molecule has 1 aliphatic rings. The Bertz CT molecular complexity index is 300. The van der Waals surface area contributed by atoms with Crippen molar-refractivity contribution in [1.82, 2.24) is 4.42 Å². The first kappa shape index (κ1) is 13.1. The molecule has 1 aliphatic carbocycles. The highest BCUT2D eigenvalue weighted by Crippen LogP contribution is 2.38. The predicted octanol–water partition coefficient (Wildman–Crippen LogP) is 1.94. The molecular weight excluding hydrogens is 234 g/mol. The molecule has 0 aliphatic heterocycles. The van der Waals surface area contributed by atoms with Crippen LogP contribution < -0.4 is 0 Å². The Kier molecular flexibility index (Phi) is 3.68. The van der Waals surface area contributed by atoms with Crippen molar-refractivity contribution in [2.24, 2.45) is 5.92 Å². The van der Waals surface area contributed by atoms with E-state index in [1.807, 2.05) is 0 Å². The molecule has 92 valence electrons. The van der Waals surface area contributed by atoms with Gasteiger partial charge in [-0.2, -0.15) is 0 Å². The second-order valence-electron chi connectivity index (χ2n) is 4.72. The minimum atomic E-state index is -0.634. The molecule has 1 saturated carbocycles. The lowest BCUT2D eigenvalue weighted by Crippen LogP contribution is -2.33. The monoisotopic (exact) mass is 249 g/mol. The maximum atomic E-state index is 11.5. The van der Waals surface area contributed by atoms with E-state index >= 15 is 0 Å². The van der Waals surface area contributed by atoms with E-state index < -0.39 is 11.7 Å². The molecular formula is C10H16ClNO4. The second kappa shape index (κ2) is 4.49. The molecule has 5 nitrogen and oxygen atoms in total. The lowest BCUT2D eigenvalue weighted by atomic mass is 10.2. The van der Waals surface area contributed by atoms with Crippen molar-refractivity contribution in [3.05, 3.63) is 0 Å². The number of hydrogen-bond donors (Lipinski definition) is 0. The highest BCUT2D eigenvalue weighted by Gasteiger charge is 2.50. The van der Waals surface area contributed by atoms with Gasteiger partial charge in [0.05, 0.1) is 19.1 Å². The summed E-state index contributed by atoms with van der Waals surface area (Å²) in [7, 11) is 1.31. The second-order valence-corrected chi connectivity index (χ2v) is 5.09. The number of esters is 1. The number of amides is 1. The Morgan fingerprint density at radius 2 is 1.94 bits per heavy atom. The summed E-state index contributed by atoms with van der Waals surface area (Å²) >= 11 is 5.78. The molecule has 1 amide bonds. The first-order chi connectivity index (χ1) is 7.26. The van der Waals surface area contributed by atoms with Gasteiger partial charge >= 0.3 is 12.1 Å². The van der Waals surface area contributed by atoms with Crippen LogP contribution in [-0.2, 0) is 14.3 Å². The molecule has 0 N–H and O–H groups in total. The fourth-order valence-corrected chi connectivity index (χ4v) is 1.53. The molecule has 1 rings (SSSR count). The number of hydrogen-bond acceptors (Lipinski definition) is 4. The van der Waals surface area contributed by atoms with E-state index in [-0.39, 0.29) is 17.9 Å². The molecule has 0 heterocycles. The fourth-order valence-electron chi connectivity index (χ4n) is 1.28. The zero-order valence-electron chi connectivity index (χ0n) is 9.82. The lowest BCUT2D eigenvalue weighted by Gasteiger charge is -2.22. The molecule has 16 heavy (non-hydrogen) atoms. The predicted molar refractivity (Wildman–Crippen MR) is 57.8 cm³/mol. The van der Waals surface area contributed by atoms with Crippen LogP contribution in [0.2, 0.25) is 0 Å². The molecule has 0 aromatic rings. The van der Waals surface area contributed by atoms with E-state index in [4.69, 9.17) is 16.5 Å². The SMILES string of the molecule is COC(=O)[C@H]1C[C@@H]1N(Cl)C(=O)OC(C)(C)C. The summed E-state index contributed by atoms with van der Waals surface area (Å²) in [6.07, 6.45) is -0.111. The number of halogens is 1. The third-order valence-corrected chi connectivity index (χ3v) is 2.51. The van der Waals surface area contributed by atoms with Crippen molar-refractivity contribution in [1.29, 1.82) is 0 Å². The van der Waals surface area contributed by atoms with E-state index in [2.05, 4.69) is 4.74 Å². The Morgan fingerprint density at radius 3 is 2.38 bits per heavy atom. The van der Waals surface area contributed by atoms with Crippen molar-refractivity contribution >= 4 is 23.8 Å². The van der Waals surface area contributed by atoms with E-state index in [0.717, 1.165) is 4.42 Å². The first-order valence-corrected chi connectivity index (χ1v) is 5.36. The Labute approximate surface area is 99.7 Å². The molecule has 6 heteroatoms. The number of methoxy groups -OCH3 is 1. The van der Waals surface area contributed by atoms with Gasteiger partial charge < -0.3 is 9.47 Å². The van der Waals surface area contributed by atoms with Gasteiger partial charge in [-0.25, -0.2) is 9.21 Å². The fraction of sp³-hybridized carbons (Fsp3) is 0.800. The smallest absolute Gasteiger partial charge is 0.425 e. The van der Waals surface area contributed by atoms with Crippen molar-refractivity contribution in [2.45, 2.75) is 38.8 Å².